The molecular formula is C13H16BrNO3. The van der Waals surface area contributed by atoms with E-state index in [-0.39, 0.29) is 11.8 Å². The number of hydrogen-bond acceptors (Lipinski definition) is 2. The lowest BCUT2D eigenvalue weighted by atomic mass is 10.0. The molecule has 0 fully saturated rings. The van der Waals surface area contributed by atoms with E-state index in [0.717, 1.165) is 4.47 Å². The van der Waals surface area contributed by atoms with Gasteiger partial charge in [-0.1, -0.05) is 29.8 Å². The summed E-state index contributed by atoms with van der Waals surface area (Å²) in [5, 5.41) is 11.6. The van der Waals surface area contributed by atoms with E-state index in [1.54, 1.807) is 24.3 Å². The van der Waals surface area contributed by atoms with Crippen LogP contribution in [0.3, 0.4) is 0 Å². The van der Waals surface area contributed by atoms with Crippen molar-refractivity contribution in [1.29, 1.82) is 0 Å². The Bertz CT molecular complexity index is 428. The molecule has 0 aliphatic heterocycles. The standard InChI is InChI=1S/C13H16BrNO3/c1-8(2)7-11(13(17)18)15-12(16)9-3-5-10(14)6-4-9/h3-6,8,11H,7H2,1-2H3,(H,15,16)(H,17,18). The van der Waals surface area contributed by atoms with Crippen molar-refractivity contribution in [2.45, 2.75) is 26.3 Å². The highest BCUT2D eigenvalue weighted by Crippen LogP contribution is 2.11. The summed E-state index contributed by atoms with van der Waals surface area (Å²) in [7, 11) is 0. The Labute approximate surface area is 115 Å². The maximum atomic E-state index is 11.9. The van der Waals surface area contributed by atoms with Crippen LogP contribution in [0.25, 0.3) is 0 Å². The summed E-state index contributed by atoms with van der Waals surface area (Å²) in [6, 6.07) is 5.93. The van der Waals surface area contributed by atoms with Crippen molar-refractivity contribution in [3.8, 4) is 0 Å². The van der Waals surface area contributed by atoms with Crippen LogP contribution in [0, 0.1) is 5.92 Å². The van der Waals surface area contributed by atoms with Gasteiger partial charge in [0.15, 0.2) is 0 Å². The van der Waals surface area contributed by atoms with E-state index in [1.807, 2.05) is 13.8 Å². The number of benzene rings is 1. The lowest BCUT2D eigenvalue weighted by Gasteiger charge is -2.16. The SMILES string of the molecule is CC(C)CC(NC(=O)c1ccc(Br)cc1)C(=O)O. The highest BCUT2D eigenvalue weighted by molar-refractivity contribution is 9.10. The van der Waals surface area contributed by atoms with E-state index >= 15 is 0 Å². The molecule has 0 spiro atoms. The fourth-order valence-corrected chi connectivity index (χ4v) is 1.80. The number of carbonyl (C=O) groups excluding carboxylic acids is 1. The molecule has 0 radical (unpaired) electrons. The van der Waals surface area contributed by atoms with E-state index in [2.05, 4.69) is 21.2 Å². The third-order valence-corrected chi connectivity index (χ3v) is 2.95. The number of carboxylic acids is 1. The van der Waals surface area contributed by atoms with Crippen molar-refractivity contribution < 1.29 is 14.7 Å². The zero-order valence-electron chi connectivity index (χ0n) is 10.3. The Kier molecular flexibility index (Phi) is 5.34. The third kappa shape index (κ3) is 4.49. The van der Waals surface area contributed by atoms with Gasteiger partial charge in [0, 0.05) is 10.0 Å². The van der Waals surface area contributed by atoms with Gasteiger partial charge in [0.2, 0.25) is 0 Å². The zero-order chi connectivity index (χ0) is 13.7. The molecule has 1 aromatic rings. The molecule has 1 amide bonds. The van der Waals surface area contributed by atoms with Crippen LogP contribution < -0.4 is 5.32 Å². The average molecular weight is 314 g/mol. The molecule has 0 aliphatic rings. The summed E-state index contributed by atoms with van der Waals surface area (Å²) < 4.78 is 0.871. The number of aliphatic carboxylic acids is 1. The molecule has 1 unspecified atom stereocenters. The van der Waals surface area contributed by atoms with E-state index in [9.17, 15) is 9.59 Å². The monoisotopic (exact) mass is 313 g/mol. The molecule has 1 atom stereocenters. The highest BCUT2D eigenvalue weighted by Gasteiger charge is 2.21. The minimum Gasteiger partial charge on any atom is -0.480 e. The first-order valence-corrected chi connectivity index (χ1v) is 6.48. The van der Waals surface area contributed by atoms with Crippen molar-refractivity contribution in [1.82, 2.24) is 5.32 Å². The Morgan fingerprint density at radius 3 is 2.28 bits per heavy atom. The molecule has 2 N–H and O–H groups in total. The molecule has 18 heavy (non-hydrogen) atoms. The fraction of sp³-hybridized carbons (Fsp3) is 0.385. The number of hydrogen-bond donors (Lipinski definition) is 2. The molecule has 0 saturated heterocycles. The van der Waals surface area contributed by atoms with Crippen LogP contribution in [-0.2, 0) is 4.79 Å². The van der Waals surface area contributed by atoms with Gasteiger partial charge in [-0.15, -0.1) is 0 Å². The van der Waals surface area contributed by atoms with Crippen LogP contribution in [0.1, 0.15) is 30.6 Å². The molecular weight excluding hydrogens is 298 g/mol. The number of amides is 1. The Morgan fingerprint density at radius 2 is 1.83 bits per heavy atom. The average Bonchev–Trinajstić information content (AvgIpc) is 2.28. The summed E-state index contributed by atoms with van der Waals surface area (Å²) in [4.78, 5) is 22.9. The predicted octanol–water partition coefficient (Wildman–Crippen LogP) is 2.68. The predicted molar refractivity (Wildman–Crippen MR) is 72.5 cm³/mol. The third-order valence-electron chi connectivity index (χ3n) is 2.42. The topological polar surface area (TPSA) is 66.4 Å². The van der Waals surface area contributed by atoms with Gasteiger partial charge < -0.3 is 10.4 Å². The van der Waals surface area contributed by atoms with Crippen LogP contribution in [0.4, 0.5) is 0 Å². The molecule has 0 aliphatic carbocycles. The van der Waals surface area contributed by atoms with Crippen molar-refractivity contribution in [2.24, 2.45) is 5.92 Å². The van der Waals surface area contributed by atoms with Gasteiger partial charge in [0.1, 0.15) is 6.04 Å². The second kappa shape index (κ2) is 6.54. The van der Waals surface area contributed by atoms with Gasteiger partial charge in [-0.05, 0) is 36.6 Å². The van der Waals surface area contributed by atoms with Crippen LogP contribution in [0.2, 0.25) is 0 Å². The first kappa shape index (κ1) is 14.7. The molecule has 98 valence electrons. The zero-order valence-corrected chi connectivity index (χ0v) is 11.9. The Hall–Kier alpha value is -1.36. The summed E-state index contributed by atoms with van der Waals surface area (Å²) in [5.41, 5.74) is 0.452. The summed E-state index contributed by atoms with van der Waals surface area (Å²) in [6.07, 6.45) is 0.414. The van der Waals surface area contributed by atoms with Crippen molar-refractivity contribution in [2.75, 3.05) is 0 Å². The second-order valence-corrected chi connectivity index (χ2v) is 5.42. The van der Waals surface area contributed by atoms with E-state index in [4.69, 9.17) is 5.11 Å². The summed E-state index contributed by atoms with van der Waals surface area (Å²) >= 11 is 3.28. The van der Waals surface area contributed by atoms with Gasteiger partial charge in [-0.25, -0.2) is 4.79 Å². The first-order valence-electron chi connectivity index (χ1n) is 5.69. The van der Waals surface area contributed by atoms with Gasteiger partial charge in [-0.2, -0.15) is 0 Å². The smallest absolute Gasteiger partial charge is 0.326 e. The molecule has 0 aromatic heterocycles. The van der Waals surface area contributed by atoms with Crippen molar-refractivity contribution in [3.05, 3.63) is 34.3 Å². The quantitative estimate of drug-likeness (QED) is 0.878. The van der Waals surface area contributed by atoms with Crippen molar-refractivity contribution >= 4 is 27.8 Å². The lowest BCUT2D eigenvalue weighted by molar-refractivity contribution is -0.139. The highest BCUT2D eigenvalue weighted by atomic mass is 79.9. The molecule has 0 heterocycles. The molecule has 0 bridgehead atoms. The number of nitrogens with one attached hydrogen (secondary N) is 1. The van der Waals surface area contributed by atoms with Gasteiger partial charge in [0.05, 0.1) is 0 Å². The molecule has 1 aromatic carbocycles. The number of rotatable bonds is 5. The van der Waals surface area contributed by atoms with Gasteiger partial charge in [0.25, 0.3) is 5.91 Å². The Balaban J connectivity index is 2.72. The Morgan fingerprint density at radius 1 is 1.28 bits per heavy atom. The molecule has 0 saturated carbocycles. The lowest BCUT2D eigenvalue weighted by Crippen LogP contribution is -2.41. The number of halogens is 1. The molecule has 4 nitrogen and oxygen atoms in total. The number of carboxylic acid groups (broad SMARTS) is 1. The minimum absolute atomic E-state index is 0.205. The van der Waals surface area contributed by atoms with E-state index in [1.165, 1.54) is 0 Å². The second-order valence-electron chi connectivity index (χ2n) is 4.50. The van der Waals surface area contributed by atoms with Crippen LogP contribution in [0.15, 0.2) is 28.7 Å². The minimum atomic E-state index is -1.01. The van der Waals surface area contributed by atoms with Gasteiger partial charge in [-0.3, -0.25) is 4.79 Å². The summed E-state index contributed by atoms with van der Waals surface area (Å²) in [5.74, 6) is -1.17. The van der Waals surface area contributed by atoms with Crippen LogP contribution in [-0.4, -0.2) is 23.0 Å². The van der Waals surface area contributed by atoms with E-state index in [0.29, 0.717) is 12.0 Å². The first-order chi connectivity index (χ1) is 8.40. The summed E-state index contributed by atoms with van der Waals surface area (Å²) in [6.45, 7) is 3.84. The van der Waals surface area contributed by atoms with Crippen LogP contribution >= 0.6 is 15.9 Å². The molecule has 5 heteroatoms. The maximum absolute atomic E-state index is 11.9. The van der Waals surface area contributed by atoms with E-state index < -0.39 is 12.0 Å². The maximum Gasteiger partial charge on any atom is 0.326 e. The fourth-order valence-electron chi connectivity index (χ4n) is 1.54. The van der Waals surface area contributed by atoms with Crippen molar-refractivity contribution in [3.63, 3.8) is 0 Å². The molecule has 1 rings (SSSR count). The number of carbonyl (C=O) groups is 2. The largest absolute Gasteiger partial charge is 0.480 e. The van der Waals surface area contributed by atoms with Crippen LogP contribution in [0.5, 0.6) is 0 Å². The normalized spacial score (nSPS) is 12.2. The van der Waals surface area contributed by atoms with Gasteiger partial charge >= 0.3 is 5.97 Å².